The van der Waals surface area contributed by atoms with E-state index in [0.29, 0.717) is 0 Å². The van der Waals surface area contributed by atoms with Gasteiger partial charge in [0.25, 0.3) is 0 Å². The molecule has 1 unspecified atom stereocenters. The Balaban J connectivity index is 3.76. The molecule has 0 aliphatic carbocycles. The lowest BCUT2D eigenvalue weighted by Crippen LogP contribution is -2.24. The van der Waals surface area contributed by atoms with Gasteiger partial charge in [-0.25, -0.2) is 4.79 Å². The first-order valence-electron chi connectivity index (χ1n) is 3.09. The number of alkyl halides is 2. The third-order valence-corrected chi connectivity index (χ3v) is 0.792. The molecule has 0 amide bonds. The average molecular weight is 182 g/mol. The molecule has 0 heterocycles. The van der Waals surface area contributed by atoms with Crippen LogP contribution in [-0.4, -0.2) is 24.7 Å². The highest BCUT2D eigenvalue weighted by Crippen LogP contribution is 2.01. The zero-order valence-electron chi connectivity index (χ0n) is 6.54. The van der Waals surface area contributed by atoms with E-state index in [4.69, 9.17) is 0 Å². The minimum Gasteiger partial charge on any atom is -0.426 e. The van der Waals surface area contributed by atoms with Crippen molar-refractivity contribution in [1.29, 1.82) is 0 Å². The van der Waals surface area contributed by atoms with Gasteiger partial charge in [-0.15, -0.1) is 0 Å². The summed E-state index contributed by atoms with van der Waals surface area (Å²) in [6.45, 7) is 2.24. The van der Waals surface area contributed by atoms with Gasteiger partial charge in [-0.3, -0.25) is 4.79 Å². The van der Waals surface area contributed by atoms with E-state index in [9.17, 15) is 18.4 Å². The van der Waals surface area contributed by atoms with Gasteiger partial charge < -0.3 is 9.47 Å². The summed E-state index contributed by atoms with van der Waals surface area (Å²) in [6, 6.07) is 0. The van der Waals surface area contributed by atoms with Crippen molar-refractivity contribution < 1.29 is 27.8 Å². The van der Waals surface area contributed by atoms with Crippen LogP contribution >= 0.6 is 0 Å². The Bertz CT molecular complexity index is 180. The van der Waals surface area contributed by atoms with Crippen molar-refractivity contribution in [2.24, 2.45) is 0 Å². The molecule has 0 N–H and O–H groups in total. The molecule has 0 aromatic heterocycles. The van der Waals surface area contributed by atoms with E-state index < -0.39 is 24.7 Å². The molecule has 0 aromatic carbocycles. The molecule has 6 heteroatoms. The molecule has 0 aromatic rings. The van der Waals surface area contributed by atoms with Crippen LogP contribution in [0.5, 0.6) is 0 Å². The van der Waals surface area contributed by atoms with Gasteiger partial charge in [0, 0.05) is 13.8 Å². The molecular formula is C6H8F2O4. The van der Waals surface area contributed by atoms with Crippen LogP contribution < -0.4 is 0 Å². The number of halogens is 2. The number of hydrogen-bond acceptors (Lipinski definition) is 4. The van der Waals surface area contributed by atoms with E-state index in [0.717, 1.165) is 6.92 Å². The Morgan fingerprint density at radius 2 is 1.75 bits per heavy atom. The molecular weight excluding hydrogens is 174 g/mol. The first kappa shape index (κ1) is 10.8. The zero-order valence-corrected chi connectivity index (χ0v) is 6.54. The highest BCUT2D eigenvalue weighted by molar-refractivity contribution is 5.73. The summed E-state index contributed by atoms with van der Waals surface area (Å²) in [5.74, 6) is -2.41. The Labute approximate surface area is 67.4 Å². The SMILES string of the molecule is CC(=O)OC(C)OC(=O)C(F)F. The highest BCUT2D eigenvalue weighted by Gasteiger charge is 2.20. The molecule has 0 bridgehead atoms. The van der Waals surface area contributed by atoms with Gasteiger partial charge in [0.05, 0.1) is 0 Å². The monoisotopic (exact) mass is 182 g/mol. The minimum atomic E-state index is -3.21. The number of carbonyl (C=O) groups is 2. The van der Waals surface area contributed by atoms with Gasteiger partial charge in [-0.2, -0.15) is 8.78 Å². The van der Waals surface area contributed by atoms with Crippen LogP contribution in [0.4, 0.5) is 8.78 Å². The molecule has 0 rings (SSSR count). The lowest BCUT2D eigenvalue weighted by Gasteiger charge is -2.11. The molecule has 0 saturated carbocycles. The number of esters is 2. The summed E-state index contributed by atoms with van der Waals surface area (Å²) < 4.78 is 31.3. The summed E-state index contributed by atoms with van der Waals surface area (Å²) in [4.78, 5) is 20.4. The first-order valence-corrected chi connectivity index (χ1v) is 3.09. The maximum absolute atomic E-state index is 11.5. The fraction of sp³-hybridized carbons (Fsp3) is 0.667. The minimum absolute atomic E-state index is 0.704. The van der Waals surface area contributed by atoms with Crippen LogP contribution in [0.1, 0.15) is 13.8 Å². The van der Waals surface area contributed by atoms with Crippen LogP contribution in [-0.2, 0) is 19.1 Å². The van der Waals surface area contributed by atoms with Crippen molar-refractivity contribution in [3.63, 3.8) is 0 Å². The Morgan fingerprint density at radius 1 is 1.25 bits per heavy atom. The molecule has 0 fully saturated rings. The summed E-state index contributed by atoms with van der Waals surface area (Å²) >= 11 is 0. The van der Waals surface area contributed by atoms with Crippen LogP contribution in [0.3, 0.4) is 0 Å². The van der Waals surface area contributed by atoms with E-state index in [1.165, 1.54) is 6.92 Å². The van der Waals surface area contributed by atoms with Crippen LogP contribution in [0, 0.1) is 0 Å². The molecule has 4 nitrogen and oxygen atoms in total. The van der Waals surface area contributed by atoms with E-state index in [1.807, 2.05) is 0 Å². The maximum Gasteiger partial charge on any atom is 0.376 e. The van der Waals surface area contributed by atoms with Crippen molar-refractivity contribution in [3.8, 4) is 0 Å². The second-order valence-electron chi connectivity index (χ2n) is 1.91. The largest absolute Gasteiger partial charge is 0.426 e. The fourth-order valence-electron chi connectivity index (χ4n) is 0.473. The van der Waals surface area contributed by atoms with Gasteiger partial charge in [0.2, 0.25) is 6.29 Å². The molecule has 70 valence electrons. The van der Waals surface area contributed by atoms with Gasteiger partial charge in [-0.1, -0.05) is 0 Å². The smallest absolute Gasteiger partial charge is 0.376 e. The standard InChI is InChI=1S/C6H8F2O4/c1-3(9)11-4(2)12-6(10)5(7)8/h4-5H,1-2H3. The number of ether oxygens (including phenoxy) is 2. The van der Waals surface area contributed by atoms with Crippen LogP contribution in [0.25, 0.3) is 0 Å². The Kier molecular flexibility index (Phi) is 4.17. The van der Waals surface area contributed by atoms with Gasteiger partial charge in [0.15, 0.2) is 0 Å². The quantitative estimate of drug-likeness (QED) is 0.476. The van der Waals surface area contributed by atoms with Crippen molar-refractivity contribution in [3.05, 3.63) is 0 Å². The van der Waals surface area contributed by atoms with E-state index >= 15 is 0 Å². The van der Waals surface area contributed by atoms with Crippen LogP contribution in [0.2, 0.25) is 0 Å². The maximum atomic E-state index is 11.5. The predicted octanol–water partition coefficient (Wildman–Crippen LogP) is 0.704. The molecule has 1 atom stereocenters. The van der Waals surface area contributed by atoms with E-state index in [1.54, 1.807) is 0 Å². The number of hydrogen-bond donors (Lipinski definition) is 0. The van der Waals surface area contributed by atoms with E-state index in [-0.39, 0.29) is 0 Å². The normalized spacial score (nSPS) is 12.4. The molecule has 0 aliphatic rings. The fourth-order valence-corrected chi connectivity index (χ4v) is 0.473. The van der Waals surface area contributed by atoms with Gasteiger partial charge >= 0.3 is 18.4 Å². The number of carbonyl (C=O) groups excluding carboxylic acids is 2. The van der Waals surface area contributed by atoms with E-state index in [2.05, 4.69) is 9.47 Å². The highest BCUT2D eigenvalue weighted by atomic mass is 19.3. The Morgan fingerprint density at radius 3 is 2.08 bits per heavy atom. The first-order chi connectivity index (χ1) is 5.43. The van der Waals surface area contributed by atoms with Crippen molar-refractivity contribution in [1.82, 2.24) is 0 Å². The zero-order chi connectivity index (χ0) is 9.72. The summed E-state index contributed by atoms with van der Waals surface area (Å²) in [5.41, 5.74) is 0. The second kappa shape index (κ2) is 4.63. The van der Waals surface area contributed by atoms with Crippen molar-refractivity contribution >= 4 is 11.9 Å². The third kappa shape index (κ3) is 4.59. The summed E-state index contributed by atoms with van der Waals surface area (Å²) in [6.07, 6.45) is -4.48. The lowest BCUT2D eigenvalue weighted by atomic mass is 10.6. The molecule has 0 spiro atoms. The summed E-state index contributed by atoms with van der Waals surface area (Å²) in [7, 11) is 0. The molecule has 0 radical (unpaired) electrons. The van der Waals surface area contributed by atoms with Gasteiger partial charge in [0.1, 0.15) is 0 Å². The Hall–Kier alpha value is -1.20. The molecule has 0 aliphatic heterocycles. The lowest BCUT2D eigenvalue weighted by molar-refractivity contribution is -0.191. The van der Waals surface area contributed by atoms with Crippen LogP contribution in [0.15, 0.2) is 0 Å². The molecule has 0 saturated heterocycles. The number of rotatable bonds is 3. The average Bonchev–Trinajstić information content (AvgIpc) is 1.84. The van der Waals surface area contributed by atoms with Crippen molar-refractivity contribution in [2.75, 3.05) is 0 Å². The third-order valence-electron chi connectivity index (χ3n) is 0.792. The second-order valence-corrected chi connectivity index (χ2v) is 1.91. The van der Waals surface area contributed by atoms with Crippen molar-refractivity contribution in [2.45, 2.75) is 26.6 Å². The summed E-state index contributed by atoms with van der Waals surface area (Å²) in [5, 5.41) is 0. The topological polar surface area (TPSA) is 52.6 Å². The van der Waals surface area contributed by atoms with Gasteiger partial charge in [-0.05, 0) is 0 Å². The molecule has 12 heavy (non-hydrogen) atoms. The predicted molar refractivity (Wildman–Crippen MR) is 33.3 cm³/mol.